The lowest BCUT2D eigenvalue weighted by Crippen LogP contribution is -2.19. The molecule has 10 heteroatoms. The minimum absolute atomic E-state index is 0.113. The smallest absolute Gasteiger partial charge is 0.359 e. The van der Waals surface area contributed by atoms with Gasteiger partial charge >= 0.3 is 7.60 Å². The van der Waals surface area contributed by atoms with Crippen molar-refractivity contribution >= 4 is 24.7 Å². The molecule has 3 rings (SSSR count). The second-order valence-corrected chi connectivity index (χ2v) is 7.67. The minimum atomic E-state index is -3.24. The lowest BCUT2D eigenvalue weighted by Gasteiger charge is -2.23. The van der Waals surface area contributed by atoms with Gasteiger partial charge in [0.1, 0.15) is 5.52 Å². The van der Waals surface area contributed by atoms with E-state index in [1.165, 1.54) is 0 Å². The first kappa shape index (κ1) is 17.3. The highest BCUT2D eigenvalue weighted by molar-refractivity contribution is 7.54. The van der Waals surface area contributed by atoms with Crippen molar-refractivity contribution in [2.24, 2.45) is 0 Å². The van der Waals surface area contributed by atoms with Gasteiger partial charge in [-0.15, -0.1) is 0 Å². The van der Waals surface area contributed by atoms with Gasteiger partial charge in [-0.2, -0.15) is 4.98 Å². The lowest BCUT2D eigenvalue weighted by molar-refractivity contribution is 0.0520. The van der Waals surface area contributed by atoms with Crippen LogP contribution in [0.5, 0.6) is 0 Å². The Balaban J connectivity index is 1.71. The molecule has 0 aliphatic carbocycles. The number of aromatic nitrogens is 4. The predicted octanol–water partition coefficient (Wildman–Crippen LogP) is 2.18. The van der Waals surface area contributed by atoms with E-state index in [9.17, 15) is 4.57 Å². The number of nitrogen functional groups attached to an aromatic ring is 1. The number of anilines is 1. The van der Waals surface area contributed by atoms with E-state index in [0.717, 1.165) is 6.42 Å². The van der Waals surface area contributed by atoms with Crippen molar-refractivity contribution < 1.29 is 18.3 Å². The first-order valence-electron chi connectivity index (χ1n) is 8.03. The third-order valence-corrected chi connectivity index (χ3v) is 6.15. The highest BCUT2D eigenvalue weighted by Crippen LogP contribution is 2.57. The first-order chi connectivity index (χ1) is 11.6. The van der Waals surface area contributed by atoms with Crippen LogP contribution in [0.3, 0.4) is 0 Å². The van der Waals surface area contributed by atoms with E-state index in [4.69, 9.17) is 19.5 Å². The van der Waals surface area contributed by atoms with Crippen LogP contribution in [0.4, 0.5) is 5.95 Å². The highest BCUT2D eigenvalue weighted by atomic mass is 31.2. The van der Waals surface area contributed by atoms with Crippen LogP contribution in [-0.2, 0) is 24.9 Å². The Hall–Kier alpha value is -1.54. The first-order valence-corrected chi connectivity index (χ1v) is 9.64. The molecule has 1 aliphatic heterocycles. The number of nitrogens with zero attached hydrogens (tertiary/aromatic N) is 4. The number of hydrogen-bond acceptors (Lipinski definition) is 8. The molecule has 0 spiro atoms. The molecule has 3 heterocycles. The van der Waals surface area contributed by atoms with E-state index >= 15 is 0 Å². The fourth-order valence-electron chi connectivity index (χ4n) is 2.84. The molecule has 9 nitrogen and oxygen atoms in total. The number of imidazole rings is 1. The van der Waals surface area contributed by atoms with Crippen LogP contribution in [0, 0.1) is 0 Å². The van der Waals surface area contributed by atoms with Crippen molar-refractivity contribution in [2.75, 3.05) is 18.9 Å². The van der Waals surface area contributed by atoms with E-state index in [-0.39, 0.29) is 12.1 Å². The fraction of sp³-hybridized carbons (Fsp3) is 0.643. The summed E-state index contributed by atoms with van der Waals surface area (Å²) in [5.41, 5.74) is 6.98. The van der Waals surface area contributed by atoms with Crippen LogP contribution in [0.2, 0.25) is 0 Å². The van der Waals surface area contributed by atoms with Crippen molar-refractivity contribution in [3.05, 3.63) is 12.5 Å². The Morgan fingerprint density at radius 2 is 2.08 bits per heavy atom. The van der Waals surface area contributed by atoms with Crippen LogP contribution in [0.15, 0.2) is 12.5 Å². The van der Waals surface area contributed by atoms with Gasteiger partial charge in [0, 0.05) is 0 Å². The van der Waals surface area contributed by atoms with Gasteiger partial charge in [0.05, 0.1) is 38.4 Å². The topological polar surface area (TPSA) is 114 Å². The van der Waals surface area contributed by atoms with Gasteiger partial charge in [-0.25, -0.2) is 9.97 Å². The predicted molar refractivity (Wildman–Crippen MR) is 88.5 cm³/mol. The number of rotatable bonds is 7. The summed E-state index contributed by atoms with van der Waals surface area (Å²) in [4.78, 5) is 12.4. The molecule has 132 valence electrons. The van der Waals surface area contributed by atoms with Crippen molar-refractivity contribution in [1.29, 1.82) is 0 Å². The summed E-state index contributed by atoms with van der Waals surface area (Å²) in [7, 11) is -3.24. The van der Waals surface area contributed by atoms with Crippen molar-refractivity contribution in [1.82, 2.24) is 19.5 Å². The number of hydrogen-bond donors (Lipinski definition) is 1. The molecule has 2 aromatic rings. The van der Waals surface area contributed by atoms with E-state index in [0.29, 0.717) is 37.3 Å². The molecule has 24 heavy (non-hydrogen) atoms. The van der Waals surface area contributed by atoms with Crippen LogP contribution in [0.25, 0.3) is 11.2 Å². The Bertz CT molecular complexity index is 742. The van der Waals surface area contributed by atoms with Gasteiger partial charge in [-0.3, -0.25) is 4.57 Å². The molecule has 1 fully saturated rings. The Morgan fingerprint density at radius 1 is 1.33 bits per heavy atom. The van der Waals surface area contributed by atoms with E-state index in [1.807, 2.05) is 4.57 Å². The molecule has 0 aromatic carbocycles. The fourth-order valence-corrected chi connectivity index (χ4v) is 4.75. The lowest BCUT2D eigenvalue weighted by atomic mass is 10.2. The third kappa shape index (κ3) is 3.44. The maximum absolute atomic E-state index is 12.8. The van der Waals surface area contributed by atoms with Crippen molar-refractivity contribution in [3.8, 4) is 0 Å². The largest absolute Gasteiger partial charge is 0.368 e. The normalized spacial score (nSPS) is 21.6. The molecule has 2 atom stereocenters. The number of fused-ring (bicyclic) bond motifs is 1. The molecule has 1 aliphatic rings. The van der Waals surface area contributed by atoms with Crippen molar-refractivity contribution in [2.45, 2.75) is 45.2 Å². The second kappa shape index (κ2) is 7.14. The minimum Gasteiger partial charge on any atom is -0.368 e. The molecule has 2 aromatic heterocycles. The maximum atomic E-state index is 12.8. The molecular formula is C14H22N5O4P. The maximum Gasteiger partial charge on any atom is 0.359 e. The molecule has 0 saturated carbocycles. The van der Waals surface area contributed by atoms with Gasteiger partial charge < -0.3 is 24.1 Å². The summed E-state index contributed by atoms with van der Waals surface area (Å²) in [6.07, 6.45) is 4.55. The van der Waals surface area contributed by atoms with E-state index in [1.54, 1.807) is 26.4 Å². The molecule has 0 unspecified atom stereocenters. The van der Waals surface area contributed by atoms with Gasteiger partial charge in [0.15, 0.2) is 11.5 Å². The quantitative estimate of drug-likeness (QED) is 0.752. The second-order valence-electron chi connectivity index (χ2n) is 5.50. The molecular weight excluding hydrogens is 333 g/mol. The van der Waals surface area contributed by atoms with Gasteiger partial charge in [0.2, 0.25) is 5.95 Å². The molecule has 1 saturated heterocycles. The standard InChI is InChI=1S/C14H22N5O4P/c1-3-21-24(20,22-4-2)12-6-5-10(23-12)8-19-9-17-11-7-16-14(15)18-13(11)19/h7,9-10,12H,3-6,8H2,1-2H3,(H2,15,16,18)/t10-,12-/m0/s1. The number of nitrogens with two attached hydrogens (primary N) is 1. The zero-order valence-corrected chi connectivity index (χ0v) is 14.7. The average Bonchev–Trinajstić information content (AvgIpc) is 3.16. The monoisotopic (exact) mass is 355 g/mol. The van der Waals surface area contributed by atoms with Gasteiger partial charge in [0.25, 0.3) is 0 Å². The molecule has 0 bridgehead atoms. The summed E-state index contributed by atoms with van der Waals surface area (Å²) in [5, 5.41) is 0. The Labute approximate surface area is 140 Å². The highest BCUT2D eigenvalue weighted by Gasteiger charge is 2.42. The summed E-state index contributed by atoms with van der Waals surface area (Å²) in [6, 6.07) is 0. The molecule has 0 radical (unpaired) electrons. The van der Waals surface area contributed by atoms with Crippen molar-refractivity contribution in [3.63, 3.8) is 0 Å². The summed E-state index contributed by atoms with van der Waals surface area (Å²) < 4.78 is 31.4. The van der Waals surface area contributed by atoms with Crippen LogP contribution in [-0.4, -0.2) is 44.7 Å². The summed E-state index contributed by atoms with van der Waals surface area (Å²) in [6.45, 7) is 4.77. The third-order valence-electron chi connectivity index (χ3n) is 3.83. The van der Waals surface area contributed by atoms with E-state index in [2.05, 4.69) is 15.0 Å². The van der Waals surface area contributed by atoms with Crippen LogP contribution >= 0.6 is 7.60 Å². The van der Waals surface area contributed by atoms with Crippen LogP contribution < -0.4 is 5.73 Å². The summed E-state index contributed by atoms with van der Waals surface area (Å²) in [5.74, 6) is -0.330. The SMILES string of the molecule is CCOP(=O)(OCC)[C@H]1CC[C@@H](Cn2cnc3cnc(N)nc32)O1. The van der Waals surface area contributed by atoms with Gasteiger partial charge in [-0.1, -0.05) is 0 Å². The number of ether oxygens (including phenoxy) is 1. The zero-order chi connectivity index (χ0) is 17.2. The molecule has 0 amide bonds. The summed E-state index contributed by atoms with van der Waals surface area (Å²) >= 11 is 0. The van der Waals surface area contributed by atoms with Crippen LogP contribution in [0.1, 0.15) is 26.7 Å². The van der Waals surface area contributed by atoms with E-state index < -0.39 is 13.4 Å². The zero-order valence-electron chi connectivity index (χ0n) is 13.8. The van der Waals surface area contributed by atoms with Gasteiger partial charge in [-0.05, 0) is 26.7 Å². The molecule has 2 N–H and O–H groups in total. The average molecular weight is 355 g/mol. The Kier molecular flexibility index (Phi) is 5.15. The Morgan fingerprint density at radius 3 is 2.79 bits per heavy atom.